The summed E-state index contributed by atoms with van der Waals surface area (Å²) >= 11 is 0. The van der Waals surface area contributed by atoms with Gasteiger partial charge in [0.1, 0.15) is 5.82 Å². The number of aryl methyl sites for hydroxylation is 1. The van der Waals surface area contributed by atoms with Crippen molar-refractivity contribution in [2.24, 2.45) is 0 Å². The molecule has 1 heterocycles. The Morgan fingerprint density at radius 3 is 2.57 bits per heavy atom. The summed E-state index contributed by atoms with van der Waals surface area (Å²) in [4.78, 5) is 8.55. The van der Waals surface area contributed by atoms with Crippen molar-refractivity contribution in [1.82, 2.24) is 14.7 Å². The molecule has 0 fully saturated rings. The predicted molar refractivity (Wildman–Crippen MR) is 86.1 cm³/mol. The summed E-state index contributed by atoms with van der Waals surface area (Å²) in [6.45, 7) is 7.40. The van der Waals surface area contributed by atoms with Crippen LogP contribution in [0.15, 0.2) is 6.07 Å². The Labute approximate surface area is 127 Å². The Hall–Kier alpha value is -1.41. The van der Waals surface area contributed by atoms with Gasteiger partial charge in [-0.3, -0.25) is 0 Å². The molecule has 0 aliphatic heterocycles. The fourth-order valence-electron chi connectivity index (χ4n) is 1.70. The van der Waals surface area contributed by atoms with Crippen LogP contribution in [-0.4, -0.2) is 43.8 Å². The van der Waals surface area contributed by atoms with E-state index in [1.165, 1.54) is 0 Å². The van der Waals surface area contributed by atoms with Gasteiger partial charge in [0.2, 0.25) is 16.0 Å². The minimum Gasteiger partial charge on any atom is -0.369 e. The molecular weight excluding hydrogens is 290 g/mol. The van der Waals surface area contributed by atoms with Gasteiger partial charge in [0, 0.05) is 31.4 Å². The van der Waals surface area contributed by atoms with Crippen LogP contribution < -0.4 is 15.4 Å². The van der Waals surface area contributed by atoms with E-state index in [1.54, 1.807) is 0 Å². The Bertz CT molecular complexity index is 533. The first-order chi connectivity index (χ1) is 9.96. The Kier molecular flexibility index (Phi) is 7.38. The Balaban J connectivity index is 2.42. The fraction of sp³-hybridized carbons (Fsp3) is 0.692. The number of sulfonamides is 1. The first kappa shape index (κ1) is 17.6. The van der Waals surface area contributed by atoms with Crippen LogP contribution in [0.4, 0.5) is 11.8 Å². The molecule has 0 saturated carbocycles. The first-order valence-electron chi connectivity index (χ1n) is 7.27. The molecule has 1 rings (SSSR count). The molecule has 3 N–H and O–H groups in total. The first-order valence-corrected chi connectivity index (χ1v) is 8.93. The summed E-state index contributed by atoms with van der Waals surface area (Å²) in [5, 5.41) is 6.15. The van der Waals surface area contributed by atoms with Crippen molar-refractivity contribution in [3.63, 3.8) is 0 Å². The van der Waals surface area contributed by atoms with Crippen LogP contribution in [0.3, 0.4) is 0 Å². The number of hydrogen-bond acceptors (Lipinski definition) is 6. The maximum atomic E-state index is 11.6. The second kappa shape index (κ2) is 8.78. The van der Waals surface area contributed by atoms with Crippen LogP contribution in [0.2, 0.25) is 0 Å². The molecule has 0 radical (unpaired) electrons. The summed E-state index contributed by atoms with van der Waals surface area (Å²) in [7, 11) is -3.16. The largest absolute Gasteiger partial charge is 0.369 e. The summed E-state index contributed by atoms with van der Waals surface area (Å²) in [6.07, 6.45) is 1.55. The lowest BCUT2D eigenvalue weighted by Gasteiger charge is -2.10. The summed E-state index contributed by atoms with van der Waals surface area (Å²) in [5.74, 6) is 1.44. The molecule has 21 heavy (non-hydrogen) atoms. The van der Waals surface area contributed by atoms with E-state index in [4.69, 9.17) is 0 Å². The van der Waals surface area contributed by atoms with Crippen LogP contribution in [-0.2, 0) is 10.0 Å². The van der Waals surface area contributed by atoms with Gasteiger partial charge in [-0.2, -0.15) is 4.98 Å². The van der Waals surface area contributed by atoms with Gasteiger partial charge >= 0.3 is 0 Å². The third-order valence-electron chi connectivity index (χ3n) is 2.71. The predicted octanol–water partition coefficient (Wildman–Crippen LogP) is 1.35. The van der Waals surface area contributed by atoms with E-state index in [2.05, 4.69) is 25.3 Å². The van der Waals surface area contributed by atoms with Crippen LogP contribution in [0.1, 0.15) is 32.4 Å². The number of unbranched alkanes of at least 4 members (excludes halogenated alkanes) is 1. The Morgan fingerprint density at radius 1 is 1.14 bits per heavy atom. The molecule has 0 spiro atoms. The smallest absolute Gasteiger partial charge is 0.224 e. The van der Waals surface area contributed by atoms with Crippen molar-refractivity contribution in [1.29, 1.82) is 0 Å². The van der Waals surface area contributed by atoms with Gasteiger partial charge in [0.05, 0.1) is 5.75 Å². The van der Waals surface area contributed by atoms with Crippen molar-refractivity contribution >= 4 is 21.8 Å². The highest BCUT2D eigenvalue weighted by Crippen LogP contribution is 2.08. The third-order valence-corrected chi connectivity index (χ3v) is 4.18. The number of nitrogens with one attached hydrogen (secondary N) is 3. The van der Waals surface area contributed by atoms with Crippen molar-refractivity contribution in [3.05, 3.63) is 11.8 Å². The van der Waals surface area contributed by atoms with E-state index in [9.17, 15) is 8.42 Å². The zero-order chi connectivity index (χ0) is 15.7. The van der Waals surface area contributed by atoms with Crippen LogP contribution in [0.5, 0.6) is 0 Å². The molecule has 1 aromatic rings. The van der Waals surface area contributed by atoms with Gasteiger partial charge < -0.3 is 10.6 Å². The third kappa shape index (κ3) is 7.24. The standard InChI is InChI=1S/C13H25N5O2S/c1-4-6-9-21(19,20)16-8-7-15-12-10-11(3)17-13(18-12)14-5-2/h10,16H,4-9H2,1-3H3,(H2,14,15,17,18). The van der Waals surface area contributed by atoms with Gasteiger partial charge in [0.15, 0.2) is 0 Å². The van der Waals surface area contributed by atoms with Gasteiger partial charge in [-0.25, -0.2) is 18.1 Å². The molecule has 1 aromatic heterocycles. The number of anilines is 2. The average molecular weight is 315 g/mol. The molecule has 0 saturated heterocycles. The molecule has 8 heteroatoms. The second-order valence-electron chi connectivity index (χ2n) is 4.74. The summed E-state index contributed by atoms with van der Waals surface area (Å²) in [5.41, 5.74) is 0.854. The lowest BCUT2D eigenvalue weighted by atomic mass is 10.4. The SMILES string of the molecule is CCCCS(=O)(=O)NCCNc1cc(C)nc(NCC)n1. The minimum absolute atomic E-state index is 0.181. The van der Waals surface area contributed by atoms with Crippen LogP contribution in [0, 0.1) is 6.92 Å². The quantitative estimate of drug-likeness (QED) is 0.564. The van der Waals surface area contributed by atoms with Crippen LogP contribution >= 0.6 is 0 Å². The Morgan fingerprint density at radius 2 is 1.90 bits per heavy atom. The van der Waals surface area contributed by atoms with Gasteiger partial charge in [0.25, 0.3) is 0 Å². The highest BCUT2D eigenvalue weighted by molar-refractivity contribution is 7.89. The van der Waals surface area contributed by atoms with Crippen LogP contribution in [0.25, 0.3) is 0 Å². The topological polar surface area (TPSA) is 96.0 Å². The van der Waals surface area contributed by atoms with E-state index in [0.29, 0.717) is 31.3 Å². The van der Waals surface area contributed by atoms with Crippen molar-refractivity contribution in [3.8, 4) is 0 Å². The number of nitrogens with zero attached hydrogens (tertiary/aromatic N) is 2. The molecule has 7 nitrogen and oxygen atoms in total. The lowest BCUT2D eigenvalue weighted by molar-refractivity contribution is 0.579. The summed E-state index contributed by atoms with van der Waals surface area (Å²) in [6, 6.07) is 1.83. The molecule has 0 aromatic carbocycles. The lowest BCUT2D eigenvalue weighted by Crippen LogP contribution is -2.31. The number of hydrogen-bond donors (Lipinski definition) is 3. The van der Waals surface area contributed by atoms with Crippen molar-refractivity contribution in [2.45, 2.75) is 33.6 Å². The maximum absolute atomic E-state index is 11.6. The molecule has 0 amide bonds. The van der Waals surface area contributed by atoms with E-state index < -0.39 is 10.0 Å². The molecule has 120 valence electrons. The molecule has 0 aliphatic rings. The monoisotopic (exact) mass is 315 g/mol. The number of aromatic nitrogens is 2. The highest BCUT2D eigenvalue weighted by atomic mass is 32.2. The van der Waals surface area contributed by atoms with E-state index in [0.717, 1.165) is 18.7 Å². The minimum atomic E-state index is -3.16. The highest BCUT2D eigenvalue weighted by Gasteiger charge is 2.08. The van der Waals surface area contributed by atoms with Crippen molar-refractivity contribution < 1.29 is 8.42 Å². The maximum Gasteiger partial charge on any atom is 0.224 e. The van der Waals surface area contributed by atoms with E-state index in [1.807, 2.05) is 26.8 Å². The molecule has 0 atom stereocenters. The average Bonchev–Trinajstić information content (AvgIpc) is 2.41. The van der Waals surface area contributed by atoms with Gasteiger partial charge in [-0.1, -0.05) is 13.3 Å². The van der Waals surface area contributed by atoms with Gasteiger partial charge in [-0.15, -0.1) is 0 Å². The molecule has 0 bridgehead atoms. The van der Waals surface area contributed by atoms with E-state index in [-0.39, 0.29) is 5.75 Å². The zero-order valence-corrected chi connectivity index (χ0v) is 13.8. The second-order valence-corrected chi connectivity index (χ2v) is 6.67. The molecule has 0 unspecified atom stereocenters. The zero-order valence-electron chi connectivity index (χ0n) is 12.9. The van der Waals surface area contributed by atoms with E-state index >= 15 is 0 Å². The van der Waals surface area contributed by atoms with Crippen molar-refractivity contribution in [2.75, 3.05) is 36.0 Å². The molecular formula is C13H25N5O2S. The summed E-state index contributed by atoms with van der Waals surface area (Å²) < 4.78 is 25.8. The molecule has 0 aliphatic carbocycles. The fourth-order valence-corrected chi connectivity index (χ4v) is 2.93. The van der Waals surface area contributed by atoms with Gasteiger partial charge in [-0.05, 0) is 20.3 Å². The number of rotatable bonds is 10. The normalized spacial score (nSPS) is 11.4.